The van der Waals surface area contributed by atoms with Crippen molar-refractivity contribution in [1.29, 1.82) is 0 Å². The van der Waals surface area contributed by atoms with Crippen molar-refractivity contribution >= 4 is 12.1 Å². The molecule has 0 spiro atoms. The van der Waals surface area contributed by atoms with Gasteiger partial charge in [-0.3, -0.25) is 4.99 Å². The summed E-state index contributed by atoms with van der Waals surface area (Å²) in [5.74, 6) is 2.20. The molecule has 0 radical (unpaired) electrons. The molecule has 0 fully saturated rings. The minimum atomic E-state index is -0.376. The molecule has 0 aliphatic carbocycles. The van der Waals surface area contributed by atoms with Gasteiger partial charge in [0.15, 0.2) is 5.96 Å². The lowest BCUT2D eigenvalue weighted by Gasteiger charge is -2.22. The fourth-order valence-electron chi connectivity index (χ4n) is 3.26. The Labute approximate surface area is 168 Å². The average Bonchev–Trinajstić information content (AvgIpc) is 3.11. The molecule has 7 nitrogen and oxygen atoms in total. The molecule has 0 saturated carbocycles. The van der Waals surface area contributed by atoms with Crippen LogP contribution in [-0.4, -0.2) is 51.4 Å². The van der Waals surface area contributed by atoms with Crippen molar-refractivity contribution in [3.8, 4) is 5.75 Å². The third kappa shape index (κ3) is 7.29. The molecule has 1 aliphatic heterocycles. The van der Waals surface area contributed by atoms with Gasteiger partial charge in [0.2, 0.25) is 0 Å². The second-order valence-electron chi connectivity index (χ2n) is 7.36. The number of aliphatic imine (C=N–C) groups is 1. The molecule has 1 atom stereocenters. The summed E-state index contributed by atoms with van der Waals surface area (Å²) in [6, 6.07) is 6.38. The predicted molar refractivity (Wildman–Crippen MR) is 112 cm³/mol. The van der Waals surface area contributed by atoms with E-state index in [-0.39, 0.29) is 12.1 Å². The Morgan fingerprint density at radius 1 is 1.32 bits per heavy atom. The number of benzene rings is 1. The number of hydrogen-bond acceptors (Lipinski definition) is 4. The van der Waals surface area contributed by atoms with Crippen molar-refractivity contribution in [2.24, 2.45) is 10.9 Å². The molecule has 0 aromatic heterocycles. The number of hydrogen-bond donors (Lipinski definition) is 3. The Bertz CT molecular complexity index is 661. The van der Waals surface area contributed by atoms with Crippen LogP contribution in [0.25, 0.3) is 0 Å². The summed E-state index contributed by atoms with van der Waals surface area (Å²) in [4.78, 5) is 16.0. The number of carbonyl (C=O) groups excluding carboxylic acids is 1. The highest BCUT2D eigenvalue weighted by atomic mass is 16.5. The maximum absolute atomic E-state index is 11.7. The summed E-state index contributed by atoms with van der Waals surface area (Å²) < 4.78 is 10.6. The summed E-state index contributed by atoms with van der Waals surface area (Å²) in [5, 5.41) is 9.55. The fourth-order valence-corrected chi connectivity index (χ4v) is 3.26. The first-order chi connectivity index (χ1) is 13.5. The Kier molecular flexibility index (Phi) is 8.91. The number of alkyl carbamates (subject to hydrolysis) is 1. The molecule has 3 N–H and O–H groups in total. The molecule has 28 heavy (non-hydrogen) atoms. The van der Waals surface area contributed by atoms with Crippen LogP contribution in [-0.2, 0) is 17.6 Å². The second-order valence-corrected chi connectivity index (χ2v) is 7.36. The maximum atomic E-state index is 11.7. The molecule has 1 aliphatic rings. The highest BCUT2D eigenvalue weighted by Crippen LogP contribution is 2.25. The Hall–Kier alpha value is -2.44. The van der Waals surface area contributed by atoms with Crippen LogP contribution >= 0.6 is 0 Å². The molecule has 2 rings (SSSR count). The van der Waals surface area contributed by atoms with E-state index in [1.54, 1.807) is 14.0 Å². The van der Waals surface area contributed by atoms with E-state index in [2.05, 4.69) is 53.0 Å². The average molecular weight is 391 g/mol. The lowest BCUT2D eigenvalue weighted by molar-refractivity contribution is 0.146. The van der Waals surface area contributed by atoms with E-state index in [9.17, 15) is 4.79 Å². The van der Waals surface area contributed by atoms with Crippen LogP contribution < -0.4 is 20.7 Å². The molecule has 0 saturated heterocycles. The van der Waals surface area contributed by atoms with Gasteiger partial charge in [0.1, 0.15) is 5.75 Å². The number of nitrogens with zero attached hydrogens (tertiary/aromatic N) is 1. The molecule has 156 valence electrons. The highest BCUT2D eigenvalue weighted by molar-refractivity contribution is 5.79. The zero-order valence-corrected chi connectivity index (χ0v) is 17.5. The normalized spacial score (nSPS) is 14.2. The van der Waals surface area contributed by atoms with Gasteiger partial charge in [-0.25, -0.2) is 4.79 Å². The Balaban J connectivity index is 1.77. The minimum absolute atomic E-state index is 0.0192. The third-order valence-corrected chi connectivity index (χ3v) is 4.55. The number of ether oxygens (including phenoxy) is 2. The molecular formula is C21H34N4O3. The van der Waals surface area contributed by atoms with Gasteiger partial charge in [-0.05, 0) is 42.9 Å². The van der Waals surface area contributed by atoms with Crippen LogP contribution in [0.4, 0.5) is 4.79 Å². The largest absolute Gasteiger partial charge is 0.493 e. The van der Waals surface area contributed by atoms with Crippen LogP contribution in [0.3, 0.4) is 0 Å². The van der Waals surface area contributed by atoms with E-state index in [1.807, 2.05) is 0 Å². The number of fused-ring (bicyclic) bond motifs is 1. The van der Waals surface area contributed by atoms with Crippen LogP contribution in [0, 0.1) is 5.92 Å². The quantitative estimate of drug-likeness (QED) is 0.446. The number of carbonyl (C=O) groups is 1. The van der Waals surface area contributed by atoms with E-state index < -0.39 is 0 Å². The van der Waals surface area contributed by atoms with Gasteiger partial charge < -0.3 is 25.4 Å². The van der Waals surface area contributed by atoms with Crippen LogP contribution in [0.2, 0.25) is 0 Å². The molecule has 1 amide bonds. The Morgan fingerprint density at radius 3 is 2.86 bits per heavy atom. The van der Waals surface area contributed by atoms with Gasteiger partial charge in [0.25, 0.3) is 0 Å². The summed E-state index contributed by atoms with van der Waals surface area (Å²) in [6.07, 6.45) is 2.38. The second kappa shape index (κ2) is 11.4. The van der Waals surface area contributed by atoms with Gasteiger partial charge in [-0.1, -0.05) is 26.0 Å². The molecule has 0 bridgehead atoms. The topological polar surface area (TPSA) is 84.0 Å². The molecule has 7 heteroatoms. The standard InChI is InChI=1S/C21H34N4O3/c1-5-27-21(26)25-18(12-15(2)3)14-24-20(22-4)23-10-8-16-6-7-19-17(13-16)9-11-28-19/h6-7,13,15,18H,5,8-12,14H2,1-4H3,(H,25,26)(H2,22,23,24). The summed E-state index contributed by atoms with van der Waals surface area (Å²) >= 11 is 0. The van der Waals surface area contributed by atoms with E-state index in [0.29, 0.717) is 19.1 Å². The molecule has 1 aromatic carbocycles. The number of nitrogens with one attached hydrogen (secondary N) is 3. The van der Waals surface area contributed by atoms with Crippen molar-refractivity contribution in [3.63, 3.8) is 0 Å². The molecule has 1 heterocycles. The summed E-state index contributed by atoms with van der Waals surface area (Å²) in [7, 11) is 1.75. The van der Waals surface area contributed by atoms with Gasteiger partial charge in [-0.15, -0.1) is 0 Å². The lowest BCUT2D eigenvalue weighted by Crippen LogP contribution is -2.48. The van der Waals surface area contributed by atoms with Crippen LogP contribution in [0.15, 0.2) is 23.2 Å². The summed E-state index contributed by atoms with van der Waals surface area (Å²) in [5.41, 5.74) is 2.58. The first-order valence-corrected chi connectivity index (χ1v) is 10.1. The molecular weight excluding hydrogens is 356 g/mol. The summed E-state index contributed by atoms with van der Waals surface area (Å²) in [6.45, 7) is 8.58. The van der Waals surface area contributed by atoms with Crippen LogP contribution in [0.5, 0.6) is 5.75 Å². The van der Waals surface area contributed by atoms with Crippen molar-refractivity contribution < 1.29 is 14.3 Å². The highest BCUT2D eigenvalue weighted by Gasteiger charge is 2.15. The fraction of sp³-hybridized carbons (Fsp3) is 0.619. The molecule has 1 unspecified atom stereocenters. The Morgan fingerprint density at radius 2 is 2.14 bits per heavy atom. The molecule has 1 aromatic rings. The first kappa shape index (κ1) is 21.9. The van der Waals surface area contributed by atoms with Crippen molar-refractivity contribution in [2.45, 2.75) is 46.1 Å². The van der Waals surface area contributed by atoms with E-state index in [1.165, 1.54) is 11.1 Å². The van der Waals surface area contributed by atoms with E-state index >= 15 is 0 Å². The number of guanidine groups is 1. The third-order valence-electron chi connectivity index (χ3n) is 4.55. The van der Waals surface area contributed by atoms with Gasteiger partial charge in [0, 0.05) is 32.6 Å². The lowest BCUT2D eigenvalue weighted by atomic mass is 10.0. The zero-order chi connectivity index (χ0) is 20.4. The van der Waals surface area contributed by atoms with Crippen molar-refractivity contribution in [1.82, 2.24) is 16.0 Å². The number of rotatable bonds is 9. The SMILES string of the molecule is CCOC(=O)NC(CNC(=NC)NCCc1ccc2c(c1)CCO2)CC(C)C. The van der Waals surface area contributed by atoms with Gasteiger partial charge >= 0.3 is 6.09 Å². The smallest absolute Gasteiger partial charge is 0.407 e. The van der Waals surface area contributed by atoms with E-state index in [4.69, 9.17) is 9.47 Å². The predicted octanol–water partition coefficient (Wildman–Crippen LogP) is 2.49. The zero-order valence-electron chi connectivity index (χ0n) is 17.5. The van der Waals surface area contributed by atoms with Crippen LogP contribution in [0.1, 0.15) is 38.3 Å². The number of amides is 1. The monoisotopic (exact) mass is 390 g/mol. The van der Waals surface area contributed by atoms with Crippen molar-refractivity contribution in [2.75, 3.05) is 33.4 Å². The maximum Gasteiger partial charge on any atom is 0.407 e. The first-order valence-electron chi connectivity index (χ1n) is 10.1. The minimum Gasteiger partial charge on any atom is -0.493 e. The van der Waals surface area contributed by atoms with Gasteiger partial charge in [-0.2, -0.15) is 0 Å². The van der Waals surface area contributed by atoms with E-state index in [0.717, 1.165) is 44.1 Å². The van der Waals surface area contributed by atoms with Crippen molar-refractivity contribution in [3.05, 3.63) is 29.3 Å². The van der Waals surface area contributed by atoms with Gasteiger partial charge in [0.05, 0.1) is 13.2 Å².